The smallest absolute Gasteiger partial charge is 0.285 e. The van der Waals surface area contributed by atoms with Crippen LogP contribution in [-0.4, -0.2) is 21.7 Å². The van der Waals surface area contributed by atoms with Crippen LogP contribution in [0.3, 0.4) is 0 Å². The van der Waals surface area contributed by atoms with Crippen molar-refractivity contribution >= 4 is 27.5 Å². The highest BCUT2D eigenvalue weighted by atomic mass is 79.9. The van der Waals surface area contributed by atoms with E-state index in [1.54, 1.807) is 0 Å². The third-order valence-electron chi connectivity index (χ3n) is 3.24. The predicted octanol–water partition coefficient (Wildman–Crippen LogP) is 3.42. The molecule has 1 aromatic carbocycles. The van der Waals surface area contributed by atoms with E-state index in [0.29, 0.717) is 18.2 Å². The van der Waals surface area contributed by atoms with E-state index in [-0.39, 0.29) is 5.56 Å². The Hall–Kier alpha value is -1.50. The number of benzene rings is 1. The zero-order valence-electron chi connectivity index (χ0n) is 11.3. The summed E-state index contributed by atoms with van der Waals surface area (Å²) in [6.45, 7) is 3.78. The molecular formula is C13H16BrFN2O3. The number of amides is 1. The maximum Gasteiger partial charge on any atom is 0.285 e. The van der Waals surface area contributed by atoms with E-state index in [0.717, 1.165) is 18.2 Å². The quantitative estimate of drug-likeness (QED) is 0.487. The zero-order chi connectivity index (χ0) is 15.3. The number of nitro groups is 1. The number of rotatable bonds is 6. The Kier molecular flexibility index (Phi) is 5.62. The molecule has 1 atom stereocenters. The normalized spacial score (nSPS) is 13.6. The third kappa shape index (κ3) is 4.00. The second-order valence-electron chi connectivity index (χ2n) is 4.73. The van der Waals surface area contributed by atoms with Crippen molar-refractivity contribution in [3.63, 3.8) is 0 Å². The lowest BCUT2D eigenvalue weighted by Crippen LogP contribution is -2.46. The van der Waals surface area contributed by atoms with Gasteiger partial charge in [-0.05, 0) is 31.9 Å². The maximum atomic E-state index is 13.1. The van der Waals surface area contributed by atoms with Gasteiger partial charge in [-0.15, -0.1) is 0 Å². The molecule has 0 aliphatic heterocycles. The van der Waals surface area contributed by atoms with E-state index in [4.69, 9.17) is 0 Å². The summed E-state index contributed by atoms with van der Waals surface area (Å²) < 4.78 is 13.1. The van der Waals surface area contributed by atoms with Crippen molar-refractivity contribution in [2.24, 2.45) is 0 Å². The molecule has 110 valence electrons. The number of hydrogen-bond donors (Lipinski definition) is 1. The molecule has 0 spiro atoms. The van der Waals surface area contributed by atoms with Crippen molar-refractivity contribution in [2.75, 3.05) is 5.33 Å². The minimum atomic E-state index is -0.758. The van der Waals surface area contributed by atoms with Crippen LogP contribution in [0.25, 0.3) is 0 Å². The van der Waals surface area contributed by atoms with Crippen LogP contribution in [0.15, 0.2) is 18.2 Å². The van der Waals surface area contributed by atoms with Gasteiger partial charge in [0.05, 0.1) is 11.0 Å². The molecule has 1 amide bonds. The molecule has 0 aliphatic rings. The molecule has 1 unspecified atom stereocenters. The second kappa shape index (κ2) is 6.78. The summed E-state index contributed by atoms with van der Waals surface area (Å²) in [7, 11) is 0. The Balaban J connectivity index is 3.06. The van der Waals surface area contributed by atoms with Gasteiger partial charge >= 0.3 is 0 Å². The third-order valence-corrected chi connectivity index (χ3v) is 3.64. The average Bonchev–Trinajstić information content (AvgIpc) is 2.38. The predicted molar refractivity (Wildman–Crippen MR) is 77.6 cm³/mol. The van der Waals surface area contributed by atoms with Crippen LogP contribution in [0.1, 0.15) is 37.0 Å². The zero-order valence-corrected chi connectivity index (χ0v) is 12.9. The number of nitrogens with one attached hydrogen (secondary N) is 1. The summed E-state index contributed by atoms with van der Waals surface area (Å²) in [5.41, 5.74) is -1.13. The molecule has 0 radical (unpaired) electrons. The molecule has 0 fully saturated rings. The van der Waals surface area contributed by atoms with Crippen molar-refractivity contribution in [3.05, 3.63) is 39.7 Å². The number of hydrogen-bond acceptors (Lipinski definition) is 3. The van der Waals surface area contributed by atoms with Crippen molar-refractivity contribution < 1.29 is 14.1 Å². The summed E-state index contributed by atoms with van der Waals surface area (Å²) in [6, 6.07) is 2.92. The van der Waals surface area contributed by atoms with Crippen LogP contribution in [0.4, 0.5) is 10.1 Å². The Morgan fingerprint density at radius 2 is 2.20 bits per heavy atom. The first-order chi connectivity index (χ1) is 9.33. The van der Waals surface area contributed by atoms with Gasteiger partial charge in [0.2, 0.25) is 0 Å². The highest BCUT2D eigenvalue weighted by Crippen LogP contribution is 2.22. The SMILES string of the molecule is CCC(C)(CCBr)NC(=O)c1ccc(F)cc1[N+](=O)[O-]. The summed E-state index contributed by atoms with van der Waals surface area (Å²) in [5.74, 6) is -1.31. The lowest BCUT2D eigenvalue weighted by Gasteiger charge is -2.29. The van der Waals surface area contributed by atoms with E-state index in [1.165, 1.54) is 0 Å². The minimum absolute atomic E-state index is 0.134. The van der Waals surface area contributed by atoms with Gasteiger partial charge < -0.3 is 5.32 Å². The first-order valence-corrected chi connectivity index (χ1v) is 7.27. The molecule has 5 nitrogen and oxygen atoms in total. The van der Waals surface area contributed by atoms with E-state index in [1.807, 2.05) is 13.8 Å². The van der Waals surface area contributed by atoms with Gasteiger partial charge in [-0.1, -0.05) is 22.9 Å². The lowest BCUT2D eigenvalue weighted by atomic mass is 9.95. The molecule has 1 N–H and O–H groups in total. The standard InChI is InChI=1S/C13H16BrFN2O3/c1-3-13(2,6-7-14)16-12(18)10-5-4-9(15)8-11(10)17(19)20/h4-5,8H,3,6-7H2,1-2H3,(H,16,18). The van der Waals surface area contributed by atoms with E-state index in [9.17, 15) is 19.3 Å². The van der Waals surface area contributed by atoms with Crippen molar-refractivity contribution in [1.29, 1.82) is 0 Å². The molecule has 0 aliphatic carbocycles. The number of halogens is 2. The van der Waals surface area contributed by atoms with Crippen LogP contribution >= 0.6 is 15.9 Å². The lowest BCUT2D eigenvalue weighted by molar-refractivity contribution is -0.385. The van der Waals surface area contributed by atoms with Crippen LogP contribution in [0.5, 0.6) is 0 Å². The average molecular weight is 347 g/mol. The highest BCUT2D eigenvalue weighted by Gasteiger charge is 2.28. The first-order valence-electron chi connectivity index (χ1n) is 6.15. The Morgan fingerprint density at radius 3 is 2.70 bits per heavy atom. The number of nitro benzene ring substituents is 1. The molecule has 7 heteroatoms. The van der Waals surface area contributed by atoms with Crippen LogP contribution in [0.2, 0.25) is 0 Å². The second-order valence-corrected chi connectivity index (χ2v) is 5.52. The fourth-order valence-electron chi connectivity index (χ4n) is 1.73. The fraction of sp³-hybridized carbons (Fsp3) is 0.462. The van der Waals surface area contributed by atoms with E-state index in [2.05, 4.69) is 21.2 Å². The van der Waals surface area contributed by atoms with Gasteiger partial charge in [-0.2, -0.15) is 0 Å². The topological polar surface area (TPSA) is 72.2 Å². The van der Waals surface area contributed by atoms with Gasteiger partial charge in [-0.25, -0.2) is 4.39 Å². The Labute approximate surface area is 124 Å². The fourth-order valence-corrected chi connectivity index (χ4v) is 2.60. The molecule has 0 bridgehead atoms. The van der Waals surface area contributed by atoms with Gasteiger partial charge in [0, 0.05) is 10.9 Å². The van der Waals surface area contributed by atoms with Gasteiger partial charge in [0.15, 0.2) is 0 Å². The molecule has 0 heterocycles. The summed E-state index contributed by atoms with van der Waals surface area (Å²) >= 11 is 3.31. The molecule has 0 aromatic heterocycles. The number of nitrogens with zero attached hydrogens (tertiary/aromatic N) is 1. The molecule has 1 rings (SSSR count). The van der Waals surface area contributed by atoms with Gasteiger partial charge in [0.25, 0.3) is 11.6 Å². The van der Waals surface area contributed by atoms with E-state index >= 15 is 0 Å². The summed E-state index contributed by atoms with van der Waals surface area (Å²) in [5, 5.41) is 14.4. The van der Waals surface area contributed by atoms with Crippen molar-refractivity contribution in [3.8, 4) is 0 Å². The maximum absolute atomic E-state index is 13.1. The highest BCUT2D eigenvalue weighted by molar-refractivity contribution is 9.09. The molecule has 20 heavy (non-hydrogen) atoms. The minimum Gasteiger partial charge on any atom is -0.347 e. The number of carbonyl (C=O) groups excluding carboxylic acids is 1. The van der Waals surface area contributed by atoms with Gasteiger partial charge in [-0.3, -0.25) is 14.9 Å². The molecule has 1 aromatic rings. The Morgan fingerprint density at radius 1 is 1.55 bits per heavy atom. The van der Waals surface area contributed by atoms with Crippen LogP contribution in [0, 0.1) is 15.9 Å². The van der Waals surface area contributed by atoms with Gasteiger partial charge in [0.1, 0.15) is 11.4 Å². The Bertz CT molecular complexity index is 524. The van der Waals surface area contributed by atoms with Crippen LogP contribution in [-0.2, 0) is 0 Å². The summed E-state index contributed by atoms with van der Waals surface area (Å²) in [4.78, 5) is 22.3. The van der Waals surface area contributed by atoms with Crippen molar-refractivity contribution in [2.45, 2.75) is 32.2 Å². The first kappa shape index (κ1) is 16.6. The number of carbonyl (C=O) groups is 1. The largest absolute Gasteiger partial charge is 0.347 e. The molecule has 0 saturated heterocycles. The van der Waals surface area contributed by atoms with Crippen LogP contribution < -0.4 is 5.32 Å². The molecule has 0 saturated carbocycles. The monoisotopic (exact) mass is 346 g/mol. The summed E-state index contributed by atoms with van der Waals surface area (Å²) in [6.07, 6.45) is 1.36. The van der Waals surface area contributed by atoms with E-state index < -0.39 is 27.9 Å². The number of alkyl halides is 1. The molecular weight excluding hydrogens is 331 g/mol. The van der Waals surface area contributed by atoms with Crippen molar-refractivity contribution in [1.82, 2.24) is 5.32 Å².